The first-order valence-corrected chi connectivity index (χ1v) is 14.9. The normalized spacial score (nSPS) is 10.8. The number of hydrogen-bond acceptors (Lipinski definition) is 8. The first kappa shape index (κ1) is 31.3. The lowest BCUT2D eigenvalue weighted by Crippen LogP contribution is -2.10. The van der Waals surface area contributed by atoms with E-state index in [4.69, 9.17) is 9.47 Å². The SMILES string of the molecule is CCOC(=O)c1c(SCC)nc2cc(F)ccc2c1C.CCOC(=O)c1c(SCC)nc2cc(F)ccc2c1C. The van der Waals surface area contributed by atoms with Crippen LogP contribution in [0, 0.1) is 25.5 Å². The zero-order valence-corrected chi connectivity index (χ0v) is 25.0. The van der Waals surface area contributed by atoms with Crippen molar-refractivity contribution in [2.45, 2.75) is 51.6 Å². The van der Waals surface area contributed by atoms with Crippen LogP contribution in [-0.2, 0) is 9.47 Å². The standard InChI is InChI=1S/2C15H16FNO2S/c2*1-4-19-15(18)13-9(3)11-7-6-10(16)8-12(11)17-14(13)20-5-2/h2*6-8H,4-5H2,1-3H3. The maximum Gasteiger partial charge on any atom is 0.341 e. The minimum atomic E-state index is -0.375. The Kier molecular flexibility index (Phi) is 11.3. The number of rotatable bonds is 8. The van der Waals surface area contributed by atoms with Crippen molar-refractivity contribution < 1.29 is 27.8 Å². The Balaban J connectivity index is 0.000000220. The molecule has 0 saturated heterocycles. The predicted octanol–water partition coefficient (Wildman–Crippen LogP) is 7.94. The van der Waals surface area contributed by atoms with Crippen LogP contribution in [0.25, 0.3) is 21.8 Å². The van der Waals surface area contributed by atoms with Crippen LogP contribution in [0.4, 0.5) is 8.78 Å². The summed E-state index contributed by atoms with van der Waals surface area (Å²) < 4.78 is 36.9. The van der Waals surface area contributed by atoms with Gasteiger partial charge in [-0.1, -0.05) is 13.8 Å². The highest BCUT2D eigenvalue weighted by Crippen LogP contribution is 2.31. The monoisotopic (exact) mass is 586 g/mol. The van der Waals surface area contributed by atoms with E-state index in [0.717, 1.165) is 33.4 Å². The third-order valence-corrected chi connectivity index (χ3v) is 7.59. The largest absolute Gasteiger partial charge is 0.462 e. The molecule has 0 aliphatic carbocycles. The van der Waals surface area contributed by atoms with Crippen molar-refractivity contribution in [1.29, 1.82) is 0 Å². The van der Waals surface area contributed by atoms with Crippen molar-refractivity contribution >= 4 is 57.3 Å². The summed E-state index contributed by atoms with van der Waals surface area (Å²) in [7, 11) is 0. The molecule has 0 atom stereocenters. The van der Waals surface area contributed by atoms with Gasteiger partial charge in [-0.15, -0.1) is 23.5 Å². The smallest absolute Gasteiger partial charge is 0.341 e. The van der Waals surface area contributed by atoms with Gasteiger partial charge in [-0.2, -0.15) is 0 Å². The predicted molar refractivity (Wildman–Crippen MR) is 158 cm³/mol. The zero-order chi connectivity index (χ0) is 29.4. The molecule has 0 aliphatic heterocycles. The number of aryl methyl sites for hydroxylation is 2. The molecule has 6 nitrogen and oxygen atoms in total. The van der Waals surface area contributed by atoms with Crippen molar-refractivity contribution in [2.24, 2.45) is 0 Å². The molecule has 0 fully saturated rings. The Morgan fingerprint density at radius 1 is 0.700 bits per heavy atom. The van der Waals surface area contributed by atoms with Crippen molar-refractivity contribution in [3.8, 4) is 0 Å². The lowest BCUT2D eigenvalue weighted by atomic mass is 10.1. The van der Waals surface area contributed by atoms with E-state index >= 15 is 0 Å². The molecule has 0 N–H and O–H groups in total. The Morgan fingerprint density at radius 3 is 1.40 bits per heavy atom. The number of fused-ring (bicyclic) bond motifs is 2. The lowest BCUT2D eigenvalue weighted by molar-refractivity contribution is 0.0511. The highest BCUT2D eigenvalue weighted by Gasteiger charge is 2.21. The average Bonchev–Trinajstić information content (AvgIpc) is 2.89. The summed E-state index contributed by atoms with van der Waals surface area (Å²) in [6.07, 6.45) is 0. The summed E-state index contributed by atoms with van der Waals surface area (Å²) >= 11 is 2.91. The highest BCUT2D eigenvalue weighted by atomic mass is 32.2. The summed E-state index contributed by atoms with van der Waals surface area (Å²) in [5, 5.41) is 2.74. The van der Waals surface area contributed by atoms with Crippen LogP contribution in [-0.4, -0.2) is 46.6 Å². The van der Waals surface area contributed by atoms with Gasteiger partial charge in [0.1, 0.15) is 21.7 Å². The Hall–Kier alpha value is -3.24. The van der Waals surface area contributed by atoms with Gasteiger partial charge in [0, 0.05) is 22.9 Å². The highest BCUT2D eigenvalue weighted by molar-refractivity contribution is 7.99. The minimum absolute atomic E-state index is 0.315. The summed E-state index contributed by atoms with van der Waals surface area (Å²) in [6.45, 7) is 11.8. The number of halogens is 2. The maximum atomic E-state index is 13.3. The van der Waals surface area contributed by atoms with Gasteiger partial charge in [-0.05, 0) is 74.6 Å². The summed E-state index contributed by atoms with van der Waals surface area (Å²) in [5.41, 5.74) is 3.66. The molecule has 4 aromatic rings. The molecule has 0 radical (unpaired) electrons. The molecule has 0 saturated carbocycles. The molecule has 40 heavy (non-hydrogen) atoms. The number of aromatic nitrogens is 2. The van der Waals surface area contributed by atoms with E-state index in [1.165, 1.54) is 47.8 Å². The molecule has 212 valence electrons. The van der Waals surface area contributed by atoms with E-state index in [1.54, 1.807) is 26.0 Å². The zero-order valence-electron chi connectivity index (χ0n) is 23.4. The molecule has 10 heteroatoms. The van der Waals surface area contributed by atoms with Gasteiger partial charge < -0.3 is 9.47 Å². The topological polar surface area (TPSA) is 78.4 Å². The number of pyridine rings is 2. The molecule has 0 aliphatic rings. The number of thioether (sulfide) groups is 2. The number of nitrogens with zero attached hydrogens (tertiary/aromatic N) is 2. The summed E-state index contributed by atoms with van der Waals surface area (Å²) in [6, 6.07) is 8.82. The quantitative estimate of drug-likeness (QED) is 0.152. The van der Waals surface area contributed by atoms with Crippen LogP contribution in [0.1, 0.15) is 59.5 Å². The number of carbonyl (C=O) groups excluding carboxylic acids is 2. The number of esters is 2. The number of ether oxygens (including phenoxy) is 2. The number of carbonyl (C=O) groups is 2. The van der Waals surface area contributed by atoms with Crippen molar-refractivity contribution in [1.82, 2.24) is 9.97 Å². The summed E-state index contributed by atoms with van der Waals surface area (Å²) in [5.74, 6) is 0.139. The van der Waals surface area contributed by atoms with Crippen LogP contribution in [0.3, 0.4) is 0 Å². The van der Waals surface area contributed by atoms with E-state index < -0.39 is 0 Å². The Bertz CT molecular complexity index is 1430. The second kappa shape index (κ2) is 14.4. The fourth-order valence-corrected chi connectivity index (χ4v) is 5.75. The Morgan fingerprint density at radius 2 is 1.07 bits per heavy atom. The fraction of sp³-hybridized carbons (Fsp3) is 0.333. The third-order valence-electron chi connectivity index (χ3n) is 5.87. The van der Waals surface area contributed by atoms with Gasteiger partial charge in [-0.25, -0.2) is 28.3 Å². The van der Waals surface area contributed by atoms with Crippen LogP contribution >= 0.6 is 23.5 Å². The molecular formula is C30H32F2N2O4S2. The molecule has 0 unspecified atom stereocenters. The van der Waals surface area contributed by atoms with Crippen LogP contribution in [0.15, 0.2) is 46.5 Å². The van der Waals surface area contributed by atoms with E-state index in [1.807, 2.05) is 27.7 Å². The molecule has 4 rings (SSSR count). The Labute approximate surface area is 241 Å². The van der Waals surface area contributed by atoms with Crippen molar-refractivity contribution in [3.63, 3.8) is 0 Å². The first-order chi connectivity index (χ1) is 19.2. The first-order valence-electron chi connectivity index (χ1n) is 13.0. The van der Waals surface area contributed by atoms with Crippen LogP contribution in [0.2, 0.25) is 0 Å². The fourth-order valence-electron chi connectivity index (χ4n) is 4.12. The molecule has 0 spiro atoms. The molecule has 2 heterocycles. The number of benzene rings is 2. The van der Waals surface area contributed by atoms with Gasteiger partial charge in [0.25, 0.3) is 0 Å². The van der Waals surface area contributed by atoms with Crippen molar-refractivity contribution in [3.05, 3.63) is 70.3 Å². The maximum absolute atomic E-state index is 13.3. The van der Waals surface area contributed by atoms with Crippen LogP contribution < -0.4 is 0 Å². The summed E-state index contributed by atoms with van der Waals surface area (Å²) in [4.78, 5) is 33.1. The van der Waals surface area contributed by atoms with E-state index in [2.05, 4.69) is 9.97 Å². The molecule has 0 bridgehead atoms. The van der Waals surface area contributed by atoms with E-state index in [0.29, 0.717) is 45.4 Å². The lowest BCUT2D eigenvalue weighted by Gasteiger charge is -2.13. The van der Waals surface area contributed by atoms with E-state index in [9.17, 15) is 18.4 Å². The second-order valence-corrected chi connectivity index (χ2v) is 11.0. The van der Waals surface area contributed by atoms with Gasteiger partial charge in [0.05, 0.1) is 35.4 Å². The number of hydrogen-bond donors (Lipinski definition) is 0. The van der Waals surface area contributed by atoms with Gasteiger partial charge in [0.15, 0.2) is 0 Å². The van der Waals surface area contributed by atoms with Crippen LogP contribution in [0.5, 0.6) is 0 Å². The molecular weight excluding hydrogens is 554 g/mol. The second-order valence-electron chi connectivity index (χ2n) is 8.46. The van der Waals surface area contributed by atoms with E-state index in [-0.39, 0.29) is 23.6 Å². The van der Waals surface area contributed by atoms with Gasteiger partial charge in [0.2, 0.25) is 0 Å². The minimum Gasteiger partial charge on any atom is -0.462 e. The average molecular weight is 587 g/mol. The van der Waals surface area contributed by atoms with Gasteiger partial charge in [-0.3, -0.25) is 0 Å². The molecule has 2 aromatic heterocycles. The molecule has 0 amide bonds. The van der Waals surface area contributed by atoms with Crippen molar-refractivity contribution in [2.75, 3.05) is 24.7 Å². The molecule has 2 aromatic carbocycles. The third kappa shape index (κ3) is 7.09. The van der Waals surface area contributed by atoms with Gasteiger partial charge >= 0.3 is 11.9 Å².